The zero-order valence-electron chi connectivity index (χ0n) is 13.5. The molecule has 1 saturated heterocycles. The lowest BCUT2D eigenvalue weighted by molar-refractivity contribution is 0.238. The Morgan fingerprint density at radius 1 is 1.26 bits per heavy atom. The molecule has 1 fully saturated rings. The minimum absolute atomic E-state index is 0.0772. The minimum Gasteiger partial charge on any atom is -0.353 e. The predicted molar refractivity (Wildman–Crippen MR) is 93.2 cm³/mol. The highest BCUT2D eigenvalue weighted by molar-refractivity contribution is 7.91. The zero-order chi connectivity index (χ0) is 16.4. The van der Waals surface area contributed by atoms with Crippen LogP contribution in [0.3, 0.4) is 0 Å². The van der Waals surface area contributed by atoms with Crippen LogP contribution in [0, 0.1) is 6.92 Å². The molecular formula is C16H23N3O2S2. The Hall–Kier alpha value is -1.15. The van der Waals surface area contributed by atoms with Gasteiger partial charge in [0, 0.05) is 30.4 Å². The number of nitrogens with zero attached hydrogens (tertiary/aromatic N) is 2. The summed E-state index contributed by atoms with van der Waals surface area (Å²) in [6, 6.07) is 7.68. The van der Waals surface area contributed by atoms with Gasteiger partial charge < -0.3 is 4.57 Å². The van der Waals surface area contributed by atoms with Crippen molar-refractivity contribution in [2.75, 3.05) is 19.6 Å². The van der Waals surface area contributed by atoms with E-state index in [0.29, 0.717) is 10.8 Å². The zero-order valence-corrected chi connectivity index (χ0v) is 15.2. The summed E-state index contributed by atoms with van der Waals surface area (Å²) in [5.74, 6) is 0. The molecule has 0 aliphatic carbocycles. The van der Waals surface area contributed by atoms with Crippen molar-refractivity contribution in [3.63, 3.8) is 0 Å². The minimum atomic E-state index is -3.44. The van der Waals surface area contributed by atoms with E-state index in [0.717, 1.165) is 23.7 Å². The predicted octanol–water partition coefficient (Wildman–Crippen LogP) is 2.51. The molecule has 3 heterocycles. The summed E-state index contributed by atoms with van der Waals surface area (Å²) >= 11 is 1.31. The first-order valence-electron chi connectivity index (χ1n) is 7.89. The largest absolute Gasteiger partial charge is 0.353 e. The maximum Gasteiger partial charge on any atom is 0.250 e. The van der Waals surface area contributed by atoms with Crippen LogP contribution in [0.2, 0.25) is 0 Å². The Balaban J connectivity index is 1.78. The number of nitrogens with one attached hydrogen (secondary N) is 1. The molecule has 0 amide bonds. The molecular weight excluding hydrogens is 330 g/mol. The normalized spacial score (nSPS) is 17.7. The highest BCUT2D eigenvalue weighted by Crippen LogP contribution is 2.26. The summed E-state index contributed by atoms with van der Waals surface area (Å²) < 4.78 is 30.3. The van der Waals surface area contributed by atoms with Gasteiger partial charge in [0.2, 0.25) is 10.0 Å². The second-order valence-corrected chi connectivity index (χ2v) is 9.30. The van der Waals surface area contributed by atoms with Gasteiger partial charge in [-0.15, -0.1) is 11.3 Å². The second-order valence-electron chi connectivity index (χ2n) is 6.02. The number of hydrogen-bond donors (Lipinski definition) is 1. The number of thiophene rings is 1. The van der Waals surface area contributed by atoms with Crippen molar-refractivity contribution < 1.29 is 8.42 Å². The quantitative estimate of drug-likeness (QED) is 0.868. The maximum atomic E-state index is 12.5. The summed E-state index contributed by atoms with van der Waals surface area (Å²) in [6.45, 7) is 4.36. The Bertz CT molecular complexity index is 758. The Labute approximate surface area is 142 Å². The second kappa shape index (κ2) is 6.76. The first-order chi connectivity index (χ1) is 11.0. The molecule has 0 radical (unpaired) electrons. The van der Waals surface area contributed by atoms with Crippen LogP contribution >= 0.6 is 11.3 Å². The van der Waals surface area contributed by atoms with Crippen molar-refractivity contribution in [3.8, 4) is 0 Å². The molecule has 3 rings (SSSR count). The lowest BCUT2D eigenvalue weighted by Gasteiger charge is -2.28. The number of likely N-dealkylation sites (tertiary alicyclic amines) is 1. The summed E-state index contributed by atoms with van der Waals surface area (Å²) in [5.41, 5.74) is 1.15. The first-order valence-corrected chi connectivity index (χ1v) is 10.2. The highest BCUT2D eigenvalue weighted by atomic mass is 32.2. The van der Waals surface area contributed by atoms with Crippen LogP contribution in [0.15, 0.2) is 34.7 Å². The van der Waals surface area contributed by atoms with Crippen LogP contribution < -0.4 is 4.72 Å². The van der Waals surface area contributed by atoms with E-state index in [-0.39, 0.29) is 6.04 Å². The molecule has 0 saturated carbocycles. The fraction of sp³-hybridized carbons (Fsp3) is 0.500. The van der Waals surface area contributed by atoms with Crippen LogP contribution in [0.4, 0.5) is 0 Å². The van der Waals surface area contributed by atoms with E-state index in [1.54, 1.807) is 6.07 Å². The fourth-order valence-corrected chi connectivity index (χ4v) is 5.48. The van der Waals surface area contributed by atoms with Crippen LogP contribution in [-0.4, -0.2) is 37.5 Å². The van der Waals surface area contributed by atoms with Crippen molar-refractivity contribution in [2.45, 2.75) is 30.0 Å². The van der Waals surface area contributed by atoms with Gasteiger partial charge in [-0.2, -0.15) is 0 Å². The fourth-order valence-electron chi connectivity index (χ4n) is 3.11. The van der Waals surface area contributed by atoms with Gasteiger partial charge in [-0.3, -0.25) is 4.90 Å². The topological polar surface area (TPSA) is 54.3 Å². The van der Waals surface area contributed by atoms with Crippen molar-refractivity contribution >= 4 is 21.4 Å². The molecule has 126 valence electrons. The highest BCUT2D eigenvalue weighted by Gasteiger charge is 2.27. The number of sulfonamides is 1. The summed E-state index contributed by atoms with van der Waals surface area (Å²) in [6.07, 6.45) is 4.37. The summed E-state index contributed by atoms with van der Waals surface area (Å²) in [4.78, 5) is 3.38. The average molecular weight is 354 g/mol. The van der Waals surface area contributed by atoms with Crippen LogP contribution in [0.25, 0.3) is 0 Å². The van der Waals surface area contributed by atoms with E-state index in [2.05, 4.69) is 20.3 Å². The third-order valence-electron chi connectivity index (χ3n) is 4.35. The van der Waals surface area contributed by atoms with E-state index < -0.39 is 10.0 Å². The van der Waals surface area contributed by atoms with Gasteiger partial charge in [-0.25, -0.2) is 13.1 Å². The molecule has 2 aromatic rings. The molecule has 1 aliphatic rings. The number of rotatable bonds is 6. The van der Waals surface area contributed by atoms with E-state index in [4.69, 9.17) is 0 Å². The molecule has 0 aromatic carbocycles. The Morgan fingerprint density at radius 2 is 2.00 bits per heavy atom. The molecule has 1 N–H and O–H groups in total. The van der Waals surface area contributed by atoms with Crippen LogP contribution in [0.5, 0.6) is 0 Å². The Morgan fingerprint density at radius 3 is 2.57 bits per heavy atom. The van der Waals surface area contributed by atoms with E-state index in [1.165, 1.54) is 24.2 Å². The molecule has 2 aromatic heterocycles. The van der Waals surface area contributed by atoms with E-state index in [1.807, 2.05) is 32.3 Å². The molecule has 1 atom stereocenters. The first kappa shape index (κ1) is 16.7. The van der Waals surface area contributed by atoms with Crippen molar-refractivity contribution in [2.24, 2.45) is 7.05 Å². The molecule has 0 unspecified atom stereocenters. The number of hydrogen-bond acceptors (Lipinski definition) is 4. The molecule has 0 spiro atoms. The van der Waals surface area contributed by atoms with Crippen molar-refractivity contribution in [3.05, 3.63) is 41.0 Å². The molecule has 23 heavy (non-hydrogen) atoms. The SMILES string of the molecule is Cc1ccc(S(=O)(=O)NC[C@@H](c2cccn2C)N2CCCC2)s1. The molecule has 7 heteroatoms. The van der Waals surface area contributed by atoms with Gasteiger partial charge in [0.15, 0.2) is 0 Å². The average Bonchev–Trinajstić information content (AvgIpc) is 3.22. The summed E-state index contributed by atoms with van der Waals surface area (Å²) in [5, 5.41) is 0. The van der Waals surface area contributed by atoms with Gasteiger partial charge in [-0.1, -0.05) is 0 Å². The smallest absolute Gasteiger partial charge is 0.250 e. The Kier molecular flexibility index (Phi) is 4.91. The van der Waals surface area contributed by atoms with E-state index in [9.17, 15) is 8.42 Å². The summed E-state index contributed by atoms with van der Waals surface area (Å²) in [7, 11) is -1.43. The van der Waals surface area contributed by atoms with Crippen molar-refractivity contribution in [1.82, 2.24) is 14.2 Å². The third kappa shape index (κ3) is 3.68. The van der Waals surface area contributed by atoms with E-state index >= 15 is 0 Å². The molecule has 0 bridgehead atoms. The lowest BCUT2D eigenvalue weighted by Crippen LogP contribution is -2.37. The maximum absolute atomic E-state index is 12.5. The van der Waals surface area contributed by atoms with Gasteiger partial charge >= 0.3 is 0 Å². The van der Waals surface area contributed by atoms with Crippen LogP contribution in [-0.2, 0) is 17.1 Å². The number of aromatic nitrogens is 1. The lowest BCUT2D eigenvalue weighted by atomic mass is 10.2. The van der Waals surface area contributed by atoms with Gasteiger partial charge in [0.25, 0.3) is 0 Å². The van der Waals surface area contributed by atoms with Gasteiger partial charge in [-0.05, 0) is 57.1 Å². The monoisotopic (exact) mass is 353 g/mol. The van der Waals surface area contributed by atoms with Gasteiger partial charge in [0.05, 0.1) is 6.04 Å². The van der Waals surface area contributed by atoms with Gasteiger partial charge in [0.1, 0.15) is 4.21 Å². The van der Waals surface area contributed by atoms with Crippen LogP contribution in [0.1, 0.15) is 29.5 Å². The van der Waals surface area contributed by atoms with Crippen molar-refractivity contribution in [1.29, 1.82) is 0 Å². The third-order valence-corrected chi connectivity index (χ3v) is 7.27. The molecule has 1 aliphatic heterocycles. The standard InChI is InChI=1S/C16H23N3O2S2/c1-13-7-8-16(22-13)23(20,21)17-12-15(19-10-3-4-11-19)14-6-5-9-18(14)2/h5-9,15,17H,3-4,10-12H2,1-2H3/t15-/m0/s1. The molecule has 5 nitrogen and oxygen atoms in total. The number of aryl methyl sites for hydroxylation is 2.